The molecular formula is C15H27N3. The van der Waals surface area contributed by atoms with Crippen LogP contribution < -0.4 is 5.32 Å². The maximum Gasteiger partial charge on any atom is 0.0627 e. The van der Waals surface area contributed by atoms with Crippen LogP contribution in [0.15, 0.2) is 12.3 Å². The van der Waals surface area contributed by atoms with E-state index >= 15 is 0 Å². The van der Waals surface area contributed by atoms with Crippen LogP contribution in [0.4, 0.5) is 0 Å². The number of aryl methyl sites for hydroxylation is 1. The first-order valence-corrected chi connectivity index (χ1v) is 7.49. The third-order valence-electron chi connectivity index (χ3n) is 4.14. The highest BCUT2D eigenvalue weighted by molar-refractivity contribution is 5.01. The van der Waals surface area contributed by atoms with Gasteiger partial charge in [-0.3, -0.25) is 4.68 Å². The van der Waals surface area contributed by atoms with Gasteiger partial charge in [0, 0.05) is 13.2 Å². The van der Waals surface area contributed by atoms with E-state index < -0.39 is 0 Å². The average molecular weight is 249 g/mol. The molecule has 0 aromatic carbocycles. The molecule has 18 heavy (non-hydrogen) atoms. The van der Waals surface area contributed by atoms with Gasteiger partial charge in [-0.2, -0.15) is 5.10 Å². The Hall–Kier alpha value is -0.830. The van der Waals surface area contributed by atoms with Crippen LogP contribution in [0.2, 0.25) is 0 Å². The lowest BCUT2D eigenvalue weighted by molar-refractivity contribution is 0.227. The van der Waals surface area contributed by atoms with Gasteiger partial charge >= 0.3 is 0 Å². The number of nitrogens with zero attached hydrogens (tertiary/aromatic N) is 2. The Bertz CT molecular complexity index is 345. The molecule has 2 atom stereocenters. The first-order chi connectivity index (χ1) is 8.79. The molecule has 1 N–H and O–H groups in total. The molecule has 0 bridgehead atoms. The fourth-order valence-electron chi connectivity index (χ4n) is 3.13. The Morgan fingerprint density at radius 1 is 1.33 bits per heavy atom. The lowest BCUT2D eigenvalue weighted by Gasteiger charge is -2.31. The van der Waals surface area contributed by atoms with Crippen molar-refractivity contribution in [1.29, 1.82) is 0 Å². The van der Waals surface area contributed by atoms with Gasteiger partial charge in [0.25, 0.3) is 0 Å². The summed E-state index contributed by atoms with van der Waals surface area (Å²) >= 11 is 0. The molecule has 1 saturated carbocycles. The van der Waals surface area contributed by atoms with Crippen LogP contribution in [-0.2, 0) is 13.5 Å². The Morgan fingerprint density at radius 3 is 2.78 bits per heavy atom. The quantitative estimate of drug-likeness (QED) is 0.786. The van der Waals surface area contributed by atoms with Crippen molar-refractivity contribution in [2.24, 2.45) is 18.9 Å². The summed E-state index contributed by atoms with van der Waals surface area (Å²) in [6.07, 6.45) is 10.1. The van der Waals surface area contributed by atoms with Gasteiger partial charge in [-0.05, 0) is 56.7 Å². The predicted molar refractivity (Wildman–Crippen MR) is 75.5 cm³/mol. The standard InChI is InChI=1S/C15H27N3/c1-3-9-16-12-14-7-5-4-6-13(14)11-15-8-10-18(2)17-15/h8,10,13-14,16H,3-7,9,11-12H2,1-2H3. The molecule has 1 aromatic heterocycles. The van der Waals surface area contributed by atoms with Crippen LogP contribution in [0, 0.1) is 11.8 Å². The average Bonchev–Trinajstić information content (AvgIpc) is 2.77. The van der Waals surface area contributed by atoms with E-state index in [4.69, 9.17) is 0 Å². The van der Waals surface area contributed by atoms with Crippen molar-refractivity contribution in [3.8, 4) is 0 Å². The Labute approximate surface area is 111 Å². The molecule has 3 heteroatoms. The fraction of sp³-hybridized carbons (Fsp3) is 0.800. The van der Waals surface area contributed by atoms with Gasteiger partial charge in [0.05, 0.1) is 5.69 Å². The van der Waals surface area contributed by atoms with Crippen LogP contribution in [0.25, 0.3) is 0 Å². The second-order valence-corrected chi connectivity index (χ2v) is 5.69. The van der Waals surface area contributed by atoms with Gasteiger partial charge in [-0.15, -0.1) is 0 Å². The van der Waals surface area contributed by atoms with E-state index in [0.717, 1.165) is 18.4 Å². The molecule has 0 saturated heterocycles. The highest BCUT2D eigenvalue weighted by Crippen LogP contribution is 2.31. The van der Waals surface area contributed by atoms with E-state index in [9.17, 15) is 0 Å². The summed E-state index contributed by atoms with van der Waals surface area (Å²) in [7, 11) is 2.00. The minimum atomic E-state index is 0.831. The van der Waals surface area contributed by atoms with E-state index in [0.29, 0.717) is 0 Å². The van der Waals surface area contributed by atoms with Crippen LogP contribution in [-0.4, -0.2) is 22.9 Å². The first-order valence-electron chi connectivity index (χ1n) is 7.49. The van der Waals surface area contributed by atoms with Crippen molar-refractivity contribution < 1.29 is 0 Å². The fourth-order valence-corrected chi connectivity index (χ4v) is 3.13. The molecule has 0 amide bonds. The molecule has 102 valence electrons. The molecule has 0 radical (unpaired) electrons. The summed E-state index contributed by atoms with van der Waals surface area (Å²) in [5.41, 5.74) is 1.27. The van der Waals surface area contributed by atoms with Crippen LogP contribution in [0.1, 0.15) is 44.7 Å². The van der Waals surface area contributed by atoms with Gasteiger partial charge < -0.3 is 5.32 Å². The molecule has 1 heterocycles. The summed E-state index contributed by atoms with van der Waals surface area (Å²) in [6, 6.07) is 2.17. The largest absolute Gasteiger partial charge is 0.316 e. The lowest BCUT2D eigenvalue weighted by Crippen LogP contribution is -2.32. The molecule has 1 fully saturated rings. The van der Waals surface area contributed by atoms with Gasteiger partial charge in [0.2, 0.25) is 0 Å². The van der Waals surface area contributed by atoms with Gasteiger partial charge in [0.1, 0.15) is 0 Å². The maximum absolute atomic E-state index is 4.53. The van der Waals surface area contributed by atoms with E-state index in [-0.39, 0.29) is 0 Å². The molecular weight excluding hydrogens is 222 g/mol. The summed E-state index contributed by atoms with van der Waals surface area (Å²) in [6.45, 7) is 4.59. The SMILES string of the molecule is CCCNCC1CCCCC1Cc1ccn(C)n1. The van der Waals surface area contributed by atoms with Crippen molar-refractivity contribution in [2.75, 3.05) is 13.1 Å². The van der Waals surface area contributed by atoms with Crippen molar-refractivity contribution in [1.82, 2.24) is 15.1 Å². The molecule has 0 spiro atoms. The molecule has 2 unspecified atom stereocenters. The van der Waals surface area contributed by atoms with Crippen molar-refractivity contribution in [3.05, 3.63) is 18.0 Å². The molecule has 3 nitrogen and oxygen atoms in total. The van der Waals surface area contributed by atoms with Gasteiger partial charge in [0.15, 0.2) is 0 Å². The summed E-state index contributed by atoms with van der Waals surface area (Å²) in [4.78, 5) is 0. The number of rotatable bonds is 6. The van der Waals surface area contributed by atoms with E-state index in [2.05, 4.69) is 29.6 Å². The monoisotopic (exact) mass is 249 g/mol. The zero-order valence-electron chi connectivity index (χ0n) is 11.9. The van der Waals surface area contributed by atoms with E-state index in [1.165, 1.54) is 50.8 Å². The number of aromatic nitrogens is 2. The zero-order chi connectivity index (χ0) is 12.8. The normalized spacial score (nSPS) is 24.3. The van der Waals surface area contributed by atoms with Crippen molar-refractivity contribution in [3.63, 3.8) is 0 Å². The minimum absolute atomic E-state index is 0.831. The Balaban J connectivity index is 1.86. The molecule has 1 aliphatic rings. The predicted octanol–water partition coefficient (Wildman–Crippen LogP) is 2.77. The molecule has 1 aromatic rings. The molecule has 0 aliphatic heterocycles. The highest BCUT2D eigenvalue weighted by Gasteiger charge is 2.25. The second-order valence-electron chi connectivity index (χ2n) is 5.69. The number of hydrogen-bond acceptors (Lipinski definition) is 2. The smallest absolute Gasteiger partial charge is 0.0627 e. The highest BCUT2D eigenvalue weighted by atomic mass is 15.2. The van der Waals surface area contributed by atoms with E-state index in [1.807, 2.05) is 11.7 Å². The van der Waals surface area contributed by atoms with Gasteiger partial charge in [-0.1, -0.05) is 19.8 Å². The third kappa shape index (κ3) is 3.84. The zero-order valence-corrected chi connectivity index (χ0v) is 11.9. The van der Waals surface area contributed by atoms with Gasteiger partial charge in [-0.25, -0.2) is 0 Å². The molecule has 1 aliphatic carbocycles. The van der Waals surface area contributed by atoms with E-state index in [1.54, 1.807) is 0 Å². The summed E-state index contributed by atoms with van der Waals surface area (Å²) in [5.74, 6) is 1.69. The minimum Gasteiger partial charge on any atom is -0.316 e. The van der Waals surface area contributed by atoms with Crippen molar-refractivity contribution >= 4 is 0 Å². The Morgan fingerprint density at radius 2 is 2.11 bits per heavy atom. The van der Waals surface area contributed by atoms with Crippen molar-refractivity contribution in [2.45, 2.75) is 45.4 Å². The topological polar surface area (TPSA) is 29.9 Å². The van der Waals surface area contributed by atoms with Crippen LogP contribution in [0.3, 0.4) is 0 Å². The first kappa shape index (κ1) is 13.6. The number of nitrogens with one attached hydrogen (secondary N) is 1. The second kappa shape index (κ2) is 6.93. The third-order valence-corrected chi connectivity index (χ3v) is 4.14. The van der Waals surface area contributed by atoms with Crippen LogP contribution in [0.5, 0.6) is 0 Å². The van der Waals surface area contributed by atoms with Crippen LogP contribution >= 0.6 is 0 Å². The maximum atomic E-state index is 4.53. The number of hydrogen-bond donors (Lipinski definition) is 1. The molecule has 2 rings (SSSR count). The summed E-state index contributed by atoms with van der Waals surface area (Å²) < 4.78 is 1.92. The summed E-state index contributed by atoms with van der Waals surface area (Å²) in [5, 5.41) is 8.13. The Kier molecular flexibility index (Phi) is 5.24. The lowest BCUT2D eigenvalue weighted by atomic mass is 9.77.